The van der Waals surface area contributed by atoms with Crippen molar-refractivity contribution in [3.63, 3.8) is 0 Å². The molecular formula is C21H27NO3. The molecule has 0 aliphatic carbocycles. The van der Waals surface area contributed by atoms with Crippen LogP contribution in [0.3, 0.4) is 0 Å². The van der Waals surface area contributed by atoms with Crippen molar-refractivity contribution < 1.29 is 14.3 Å². The number of hydrogen-bond acceptors (Lipinski definition) is 3. The van der Waals surface area contributed by atoms with E-state index in [0.717, 1.165) is 16.9 Å². The van der Waals surface area contributed by atoms with Gasteiger partial charge in [-0.2, -0.15) is 0 Å². The highest BCUT2D eigenvalue weighted by atomic mass is 16.5. The summed E-state index contributed by atoms with van der Waals surface area (Å²) < 4.78 is 11.6. The smallest absolute Gasteiger partial charge is 0.261 e. The third kappa shape index (κ3) is 5.82. The maximum absolute atomic E-state index is 12.5. The van der Waals surface area contributed by atoms with E-state index >= 15 is 0 Å². The third-order valence-electron chi connectivity index (χ3n) is 3.90. The Morgan fingerprint density at radius 1 is 1.12 bits per heavy atom. The van der Waals surface area contributed by atoms with Crippen LogP contribution in [0.1, 0.15) is 31.4 Å². The number of nitrogens with one attached hydrogen (secondary N) is 1. The number of carbonyl (C=O) groups is 1. The van der Waals surface area contributed by atoms with Crippen LogP contribution in [0.5, 0.6) is 11.5 Å². The van der Waals surface area contributed by atoms with Gasteiger partial charge in [0.1, 0.15) is 18.1 Å². The highest BCUT2D eigenvalue weighted by Crippen LogP contribution is 2.17. The Morgan fingerprint density at radius 3 is 2.56 bits per heavy atom. The van der Waals surface area contributed by atoms with Gasteiger partial charge in [-0.25, -0.2) is 0 Å². The maximum atomic E-state index is 12.5. The number of aryl methyl sites for hydroxylation is 2. The van der Waals surface area contributed by atoms with Gasteiger partial charge in [-0.3, -0.25) is 4.79 Å². The Balaban J connectivity index is 1.87. The monoisotopic (exact) mass is 341 g/mol. The van der Waals surface area contributed by atoms with Gasteiger partial charge in [0.25, 0.3) is 5.91 Å². The van der Waals surface area contributed by atoms with Crippen LogP contribution >= 0.6 is 0 Å². The normalized spacial score (nSPS) is 13.0. The Bertz CT molecular complexity index is 699. The molecule has 0 fully saturated rings. The predicted molar refractivity (Wildman–Crippen MR) is 100 cm³/mol. The Labute approximate surface area is 150 Å². The van der Waals surface area contributed by atoms with Crippen molar-refractivity contribution in [2.24, 2.45) is 0 Å². The number of rotatable bonds is 8. The fourth-order valence-electron chi connectivity index (χ4n) is 2.49. The lowest BCUT2D eigenvalue weighted by molar-refractivity contribution is -0.128. The van der Waals surface area contributed by atoms with E-state index in [9.17, 15) is 4.79 Å². The van der Waals surface area contributed by atoms with Gasteiger partial charge in [0, 0.05) is 0 Å². The average molecular weight is 341 g/mol. The van der Waals surface area contributed by atoms with Crippen LogP contribution in [-0.4, -0.2) is 24.7 Å². The van der Waals surface area contributed by atoms with E-state index in [1.807, 2.05) is 76.2 Å². The first-order valence-corrected chi connectivity index (χ1v) is 8.71. The number of ether oxygens (including phenoxy) is 2. The molecule has 0 aromatic heterocycles. The SMILES string of the molecule is CC[C@H](Oc1cccc(C)c1)C(=O)N[C@H](C)COc1ccccc1C. The summed E-state index contributed by atoms with van der Waals surface area (Å²) in [7, 11) is 0. The summed E-state index contributed by atoms with van der Waals surface area (Å²) in [6.07, 6.45) is 0.0909. The number of benzene rings is 2. The second kappa shape index (κ2) is 9.11. The zero-order valence-electron chi connectivity index (χ0n) is 15.4. The highest BCUT2D eigenvalue weighted by molar-refractivity contribution is 5.81. The molecule has 1 N–H and O–H groups in total. The van der Waals surface area contributed by atoms with Gasteiger partial charge in [-0.1, -0.05) is 37.3 Å². The van der Waals surface area contributed by atoms with Gasteiger partial charge < -0.3 is 14.8 Å². The van der Waals surface area contributed by atoms with Gasteiger partial charge in [-0.15, -0.1) is 0 Å². The molecule has 2 aromatic carbocycles. The van der Waals surface area contributed by atoms with Gasteiger partial charge in [0.05, 0.1) is 6.04 Å². The Morgan fingerprint density at radius 2 is 1.88 bits per heavy atom. The second-order valence-corrected chi connectivity index (χ2v) is 6.32. The summed E-state index contributed by atoms with van der Waals surface area (Å²) in [5.41, 5.74) is 2.18. The first-order valence-electron chi connectivity index (χ1n) is 8.71. The number of hydrogen-bond donors (Lipinski definition) is 1. The lowest BCUT2D eigenvalue weighted by Crippen LogP contribution is -2.44. The summed E-state index contributed by atoms with van der Waals surface area (Å²) in [5, 5.41) is 2.97. The molecule has 134 valence electrons. The zero-order valence-corrected chi connectivity index (χ0v) is 15.4. The summed E-state index contributed by atoms with van der Waals surface area (Å²) in [4.78, 5) is 12.5. The summed E-state index contributed by atoms with van der Waals surface area (Å²) >= 11 is 0. The fraction of sp³-hybridized carbons (Fsp3) is 0.381. The van der Waals surface area contributed by atoms with Crippen molar-refractivity contribution in [3.05, 3.63) is 59.7 Å². The van der Waals surface area contributed by atoms with Crippen LogP contribution in [0.25, 0.3) is 0 Å². The molecule has 2 aromatic rings. The van der Waals surface area contributed by atoms with Crippen LogP contribution in [0.15, 0.2) is 48.5 Å². The summed E-state index contributed by atoms with van der Waals surface area (Å²) in [6, 6.07) is 15.5. The number of amides is 1. The molecule has 0 spiro atoms. The number of carbonyl (C=O) groups excluding carboxylic acids is 1. The zero-order chi connectivity index (χ0) is 18.2. The van der Waals surface area contributed by atoms with Crippen molar-refractivity contribution in [1.82, 2.24) is 5.32 Å². The van der Waals surface area contributed by atoms with Gasteiger partial charge in [-0.05, 0) is 56.5 Å². The molecule has 2 atom stereocenters. The lowest BCUT2D eigenvalue weighted by atomic mass is 10.2. The quantitative estimate of drug-likeness (QED) is 0.788. The molecule has 0 radical (unpaired) electrons. The van der Waals surface area contributed by atoms with Gasteiger partial charge >= 0.3 is 0 Å². The van der Waals surface area contributed by atoms with E-state index in [1.165, 1.54) is 0 Å². The lowest BCUT2D eigenvalue weighted by Gasteiger charge is -2.21. The van der Waals surface area contributed by atoms with Crippen LogP contribution in [0.4, 0.5) is 0 Å². The fourth-order valence-corrected chi connectivity index (χ4v) is 2.49. The summed E-state index contributed by atoms with van der Waals surface area (Å²) in [5.74, 6) is 1.43. The minimum absolute atomic E-state index is 0.109. The Kier molecular flexibility index (Phi) is 6.87. The molecule has 0 aliphatic rings. The molecule has 4 nitrogen and oxygen atoms in total. The van der Waals surface area contributed by atoms with Crippen LogP contribution in [-0.2, 0) is 4.79 Å². The largest absolute Gasteiger partial charge is 0.491 e. The third-order valence-corrected chi connectivity index (χ3v) is 3.90. The first kappa shape index (κ1) is 18.8. The first-order chi connectivity index (χ1) is 12.0. The molecule has 1 amide bonds. The van der Waals surface area contributed by atoms with Crippen molar-refractivity contribution in [2.75, 3.05) is 6.61 Å². The standard InChI is InChI=1S/C21H27NO3/c1-5-19(25-18-11-8-9-15(2)13-18)21(23)22-17(4)14-24-20-12-7-6-10-16(20)3/h6-13,17,19H,5,14H2,1-4H3,(H,22,23)/t17-,19+/m1/s1. The molecule has 0 saturated carbocycles. The molecule has 0 bridgehead atoms. The second-order valence-electron chi connectivity index (χ2n) is 6.32. The topological polar surface area (TPSA) is 47.6 Å². The van der Waals surface area contributed by atoms with Crippen molar-refractivity contribution in [3.8, 4) is 11.5 Å². The van der Waals surface area contributed by atoms with Gasteiger partial charge in [0.2, 0.25) is 0 Å². The van der Waals surface area contributed by atoms with E-state index in [2.05, 4.69) is 5.32 Å². The van der Waals surface area contributed by atoms with E-state index in [0.29, 0.717) is 18.8 Å². The predicted octanol–water partition coefficient (Wildman–Crippen LogP) is 4.04. The number of para-hydroxylation sites is 1. The highest BCUT2D eigenvalue weighted by Gasteiger charge is 2.20. The van der Waals surface area contributed by atoms with E-state index in [4.69, 9.17) is 9.47 Å². The van der Waals surface area contributed by atoms with Crippen LogP contribution < -0.4 is 14.8 Å². The molecular weight excluding hydrogens is 314 g/mol. The van der Waals surface area contributed by atoms with E-state index in [1.54, 1.807) is 0 Å². The molecule has 4 heteroatoms. The molecule has 2 rings (SSSR count). The molecule has 0 heterocycles. The summed E-state index contributed by atoms with van der Waals surface area (Å²) in [6.45, 7) is 8.28. The maximum Gasteiger partial charge on any atom is 0.261 e. The Hall–Kier alpha value is -2.49. The van der Waals surface area contributed by atoms with Crippen molar-refractivity contribution in [2.45, 2.75) is 46.3 Å². The minimum Gasteiger partial charge on any atom is -0.491 e. The molecule has 25 heavy (non-hydrogen) atoms. The van der Waals surface area contributed by atoms with Crippen molar-refractivity contribution in [1.29, 1.82) is 0 Å². The van der Waals surface area contributed by atoms with Crippen LogP contribution in [0, 0.1) is 13.8 Å². The average Bonchev–Trinajstić information content (AvgIpc) is 2.59. The molecule has 0 saturated heterocycles. The molecule has 0 aliphatic heterocycles. The van der Waals surface area contributed by atoms with Crippen molar-refractivity contribution >= 4 is 5.91 Å². The van der Waals surface area contributed by atoms with E-state index < -0.39 is 6.10 Å². The molecule has 0 unspecified atom stereocenters. The van der Waals surface area contributed by atoms with Gasteiger partial charge in [0.15, 0.2) is 6.10 Å². The van der Waals surface area contributed by atoms with Crippen LogP contribution in [0.2, 0.25) is 0 Å². The minimum atomic E-state index is -0.511. The van der Waals surface area contributed by atoms with E-state index in [-0.39, 0.29) is 11.9 Å².